The van der Waals surface area contributed by atoms with Gasteiger partial charge in [-0.3, -0.25) is 0 Å². The maximum Gasteiger partial charge on any atom is 0.434 e. The highest BCUT2D eigenvalue weighted by atomic mass is 16.5. The Balaban J connectivity index is 2.28. The van der Waals surface area contributed by atoms with E-state index in [1.165, 1.54) is 0 Å². The van der Waals surface area contributed by atoms with Gasteiger partial charge < -0.3 is 13.9 Å². The van der Waals surface area contributed by atoms with Gasteiger partial charge in [-0.25, -0.2) is 9.89 Å². The molecule has 1 aromatic heterocycles. The molecule has 0 radical (unpaired) electrons. The predicted octanol–water partition coefficient (Wildman–Crippen LogP) is 1.55. The van der Waals surface area contributed by atoms with Crippen molar-refractivity contribution < 1.29 is 13.9 Å². The molecule has 6 nitrogen and oxygen atoms in total. The highest BCUT2D eigenvalue weighted by molar-refractivity contribution is 5.70. The molecule has 6 heteroatoms. The normalized spacial score (nSPS) is 10.8. The zero-order valence-corrected chi connectivity index (χ0v) is 9.97. The van der Waals surface area contributed by atoms with E-state index in [9.17, 15) is 4.79 Å². The van der Waals surface area contributed by atoms with Crippen molar-refractivity contribution in [3.63, 3.8) is 0 Å². The molecule has 0 atom stereocenters. The first-order chi connectivity index (χ1) is 8.72. The predicted molar refractivity (Wildman–Crippen MR) is 65.6 cm³/mol. The number of nitrogens with one attached hydrogen (secondary N) is 1. The summed E-state index contributed by atoms with van der Waals surface area (Å²) >= 11 is 0. The number of methoxy groups -OCH3 is 2. The number of benzene rings is 1. The molecule has 1 N–H and O–H groups in total. The molecular weight excluding hydrogens is 236 g/mol. The van der Waals surface area contributed by atoms with Crippen LogP contribution in [0, 0.1) is 0 Å². The fraction of sp³-hybridized carbons (Fsp3) is 0.167. The van der Waals surface area contributed by atoms with E-state index in [1.807, 2.05) is 12.1 Å². The van der Waals surface area contributed by atoms with Crippen molar-refractivity contribution in [2.45, 2.75) is 0 Å². The van der Waals surface area contributed by atoms with Gasteiger partial charge >= 0.3 is 5.76 Å². The van der Waals surface area contributed by atoms with E-state index in [4.69, 9.17) is 13.9 Å². The van der Waals surface area contributed by atoms with E-state index in [2.05, 4.69) is 10.2 Å². The van der Waals surface area contributed by atoms with Gasteiger partial charge in [0.1, 0.15) is 11.5 Å². The molecule has 2 rings (SSSR count). The number of hydrogen-bond acceptors (Lipinski definition) is 5. The van der Waals surface area contributed by atoms with Crippen LogP contribution in [0.5, 0.6) is 11.5 Å². The average molecular weight is 248 g/mol. The fourth-order valence-electron chi connectivity index (χ4n) is 1.43. The van der Waals surface area contributed by atoms with Crippen LogP contribution in [0.15, 0.2) is 27.4 Å². The van der Waals surface area contributed by atoms with Crippen LogP contribution >= 0.6 is 0 Å². The van der Waals surface area contributed by atoms with Crippen molar-refractivity contribution in [1.82, 2.24) is 10.2 Å². The van der Waals surface area contributed by atoms with Crippen LogP contribution in [0.2, 0.25) is 0 Å². The Labute approximate surface area is 103 Å². The fourth-order valence-corrected chi connectivity index (χ4v) is 1.43. The second-order valence-electron chi connectivity index (χ2n) is 3.39. The zero-order chi connectivity index (χ0) is 13.0. The van der Waals surface area contributed by atoms with Crippen molar-refractivity contribution in [1.29, 1.82) is 0 Å². The van der Waals surface area contributed by atoms with Crippen LogP contribution in [0.3, 0.4) is 0 Å². The van der Waals surface area contributed by atoms with Gasteiger partial charge in [0.15, 0.2) is 0 Å². The van der Waals surface area contributed by atoms with E-state index in [0.717, 1.165) is 5.56 Å². The lowest BCUT2D eigenvalue weighted by Crippen LogP contribution is -1.93. The number of rotatable bonds is 4. The number of nitrogens with zero attached hydrogens (tertiary/aromatic N) is 1. The summed E-state index contributed by atoms with van der Waals surface area (Å²) in [6.45, 7) is 0. The molecule has 18 heavy (non-hydrogen) atoms. The Kier molecular flexibility index (Phi) is 3.47. The third-order valence-corrected chi connectivity index (χ3v) is 2.30. The number of aromatic amines is 1. The van der Waals surface area contributed by atoms with Crippen molar-refractivity contribution in [3.05, 3.63) is 40.2 Å². The average Bonchev–Trinajstić information content (AvgIpc) is 2.82. The first kappa shape index (κ1) is 12.0. The van der Waals surface area contributed by atoms with E-state index < -0.39 is 5.76 Å². The third kappa shape index (κ3) is 2.60. The molecule has 0 spiro atoms. The summed E-state index contributed by atoms with van der Waals surface area (Å²) < 4.78 is 15.1. The smallest absolute Gasteiger partial charge is 0.434 e. The van der Waals surface area contributed by atoms with Crippen LogP contribution in [-0.2, 0) is 0 Å². The van der Waals surface area contributed by atoms with Gasteiger partial charge in [-0.05, 0) is 18.2 Å². The Morgan fingerprint density at radius 2 is 2.11 bits per heavy atom. The van der Waals surface area contributed by atoms with Crippen molar-refractivity contribution in [2.24, 2.45) is 0 Å². The van der Waals surface area contributed by atoms with Gasteiger partial charge in [0.05, 0.1) is 14.2 Å². The van der Waals surface area contributed by atoms with E-state index in [1.54, 1.807) is 32.4 Å². The SMILES string of the molecule is COc1ccc(/C=C/c2n[nH]c(=O)o2)c(OC)c1. The zero-order valence-electron chi connectivity index (χ0n) is 9.97. The molecule has 0 saturated carbocycles. The highest BCUT2D eigenvalue weighted by Gasteiger charge is 2.02. The third-order valence-electron chi connectivity index (χ3n) is 2.30. The van der Waals surface area contributed by atoms with Crippen LogP contribution in [0.4, 0.5) is 0 Å². The minimum absolute atomic E-state index is 0.206. The molecule has 0 saturated heterocycles. The molecule has 0 bridgehead atoms. The number of aromatic nitrogens is 2. The van der Waals surface area contributed by atoms with Gasteiger partial charge in [0.25, 0.3) is 0 Å². The Morgan fingerprint density at radius 3 is 2.72 bits per heavy atom. The summed E-state index contributed by atoms with van der Waals surface area (Å²) in [5.41, 5.74) is 0.823. The number of H-pyrrole nitrogens is 1. The summed E-state index contributed by atoms with van der Waals surface area (Å²) in [6, 6.07) is 5.40. The summed E-state index contributed by atoms with van der Waals surface area (Å²) in [4.78, 5) is 10.7. The highest BCUT2D eigenvalue weighted by Crippen LogP contribution is 2.25. The van der Waals surface area contributed by atoms with Gasteiger partial charge in [0, 0.05) is 17.7 Å². The molecule has 0 fully saturated rings. The minimum Gasteiger partial charge on any atom is -0.497 e. The molecule has 0 amide bonds. The van der Waals surface area contributed by atoms with Gasteiger partial charge in [-0.15, -0.1) is 5.10 Å². The molecular formula is C12H12N2O4. The van der Waals surface area contributed by atoms with Gasteiger partial charge in [-0.1, -0.05) is 0 Å². The maximum atomic E-state index is 10.7. The standard InChI is InChI=1S/C12H12N2O4/c1-16-9-5-3-8(10(7-9)17-2)4-6-11-13-14-12(15)18-11/h3-7H,1-2H3,(H,14,15)/b6-4+. The second kappa shape index (κ2) is 5.22. The van der Waals surface area contributed by atoms with Crippen molar-refractivity contribution in [2.75, 3.05) is 14.2 Å². The summed E-state index contributed by atoms with van der Waals surface area (Å²) in [6.07, 6.45) is 3.31. The number of hydrogen-bond donors (Lipinski definition) is 1. The quantitative estimate of drug-likeness (QED) is 0.888. The topological polar surface area (TPSA) is 77.4 Å². The Bertz CT molecular complexity index is 613. The summed E-state index contributed by atoms with van der Waals surface area (Å²) in [7, 11) is 3.16. The maximum absolute atomic E-state index is 10.7. The molecule has 1 heterocycles. The Hall–Kier alpha value is -2.50. The molecule has 2 aromatic rings. The molecule has 0 aliphatic carbocycles. The summed E-state index contributed by atoms with van der Waals surface area (Å²) in [5.74, 6) is 0.980. The lowest BCUT2D eigenvalue weighted by Gasteiger charge is -2.06. The first-order valence-electron chi connectivity index (χ1n) is 5.18. The van der Waals surface area contributed by atoms with E-state index in [0.29, 0.717) is 11.5 Å². The minimum atomic E-state index is -0.587. The van der Waals surface area contributed by atoms with E-state index >= 15 is 0 Å². The number of ether oxygens (including phenoxy) is 2. The van der Waals surface area contributed by atoms with Crippen LogP contribution < -0.4 is 15.2 Å². The molecule has 94 valence electrons. The van der Waals surface area contributed by atoms with Crippen LogP contribution in [0.25, 0.3) is 12.2 Å². The molecule has 0 aliphatic heterocycles. The van der Waals surface area contributed by atoms with Crippen LogP contribution in [0.1, 0.15) is 11.5 Å². The lowest BCUT2D eigenvalue weighted by molar-refractivity contribution is 0.394. The van der Waals surface area contributed by atoms with Crippen molar-refractivity contribution >= 4 is 12.2 Å². The second-order valence-corrected chi connectivity index (χ2v) is 3.39. The lowest BCUT2D eigenvalue weighted by atomic mass is 10.2. The molecule has 1 aromatic carbocycles. The van der Waals surface area contributed by atoms with Gasteiger partial charge in [-0.2, -0.15) is 0 Å². The van der Waals surface area contributed by atoms with Crippen molar-refractivity contribution in [3.8, 4) is 11.5 Å². The largest absolute Gasteiger partial charge is 0.497 e. The Morgan fingerprint density at radius 1 is 1.28 bits per heavy atom. The van der Waals surface area contributed by atoms with Gasteiger partial charge in [0.2, 0.25) is 5.89 Å². The summed E-state index contributed by atoms with van der Waals surface area (Å²) in [5, 5.41) is 5.84. The molecule has 0 unspecified atom stereocenters. The monoisotopic (exact) mass is 248 g/mol. The van der Waals surface area contributed by atoms with Crippen LogP contribution in [-0.4, -0.2) is 24.4 Å². The first-order valence-corrected chi connectivity index (χ1v) is 5.18. The van der Waals surface area contributed by atoms with E-state index in [-0.39, 0.29) is 5.89 Å². The molecule has 0 aliphatic rings.